The van der Waals surface area contributed by atoms with E-state index in [0.717, 1.165) is 30.2 Å². The molecule has 2 N–H and O–H groups in total. The molecule has 5 nitrogen and oxygen atoms in total. The molecule has 2 heterocycles. The Bertz CT molecular complexity index is 961. The van der Waals surface area contributed by atoms with Gasteiger partial charge < -0.3 is 15.2 Å². The molecular weight excluding hydrogens is 380 g/mol. The number of hydrogen-bond acceptors (Lipinski definition) is 3. The maximum Gasteiger partial charge on any atom is 0.250 e. The van der Waals surface area contributed by atoms with Gasteiger partial charge in [0.1, 0.15) is 0 Å². The molecule has 1 atom stereocenters. The van der Waals surface area contributed by atoms with Crippen LogP contribution in [0.5, 0.6) is 0 Å². The molecule has 0 aliphatic rings. The van der Waals surface area contributed by atoms with Crippen LogP contribution in [-0.4, -0.2) is 23.6 Å². The van der Waals surface area contributed by atoms with E-state index in [0.29, 0.717) is 19.0 Å². The van der Waals surface area contributed by atoms with E-state index in [2.05, 4.69) is 65.6 Å². The minimum Gasteiger partial charge on any atom is -0.357 e. The van der Waals surface area contributed by atoms with Crippen molar-refractivity contribution in [1.29, 1.82) is 0 Å². The Balaban J connectivity index is 1.57. The third-order valence-corrected chi connectivity index (χ3v) is 5.43. The summed E-state index contributed by atoms with van der Waals surface area (Å²) in [5, 5.41) is 11.1. The first-order valence-electron chi connectivity index (χ1n) is 9.93. The fraction of sp³-hybridized carbons (Fsp3) is 0.304. The lowest BCUT2D eigenvalue weighted by Gasteiger charge is -2.15. The van der Waals surface area contributed by atoms with Gasteiger partial charge in [0.15, 0.2) is 5.96 Å². The van der Waals surface area contributed by atoms with Crippen molar-refractivity contribution >= 4 is 17.3 Å². The lowest BCUT2D eigenvalue weighted by atomic mass is 10.1. The van der Waals surface area contributed by atoms with Crippen LogP contribution in [0, 0.1) is 0 Å². The van der Waals surface area contributed by atoms with Crippen LogP contribution in [0.2, 0.25) is 0 Å². The van der Waals surface area contributed by atoms with Crippen molar-refractivity contribution in [3.05, 3.63) is 92.5 Å². The quantitative estimate of drug-likeness (QED) is 0.440. The molecule has 0 aliphatic heterocycles. The SMILES string of the molecule is CCNC(=NCc1ccc(Cn2ccccc2=O)cc1)NCC(C)c1ccsc1. The maximum absolute atomic E-state index is 11.8. The topological polar surface area (TPSA) is 58.4 Å². The Kier molecular flexibility index (Phi) is 7.64. The zero-order valence-corrected chi connectivity index (χ0v) is 17.8. The molecule has 0 saturated heterocycles. The molecule has 1 aromatic carbocycles. The molecule has 3 aromatic rings. The molecule has 0 bridgehead atoms. The highest BCUT2D eigenvalue weighted by Gasteiger charge is 2.07. The third-order valence-electron chi connectivity index (χ3n) is 4.73. The highest BCUT2D eigenvalue weighted by Crippen LogP contribution is 2.17. The van der Waals surface area contributed by atoms with Crippen molar-refractivity contribution < 1.29 is 0 Å². The smallest absolute Gasteiger partial charge is 0.250 e. The predicted octanol–water partition coefficient (Wildman–Crippen LogP) is 3.82. The van der Waals surface area contributed by atoms with Crippen LogP contribution < -0.4 is 16.2 Å². The van der Waals surface area contributed by atoms with Gasteiger partial charge in [0.05, 0.1) is 13.1 Å². The van der Waals surface area contributed by atoms with E-state index in [1.165, 1.54) is 5.56 Å². The van der Waals surface area contributed by atoms with Crippen LogP contribution in [0.1, 0.15) is 36.5 Å². The second-order valence-corrected chi connectivity index (χ2v) is 7.80. The first kappa shape index (κ1) is 20.9. The summed E-state index contributed by atoms with van der Waals surface area (Å²) in [4.78, 5) is 16.6. The van der Waals surface area contributed by atoms with Gasteiger partial charge >= 0.3 is 0 Å². The van der Waals surface area contributed by atoms with Crippen molar-refractivity contribution in [3.8, 4) is 0 Å². The normalized spacial score (nSPS) is 12.6. The summed E-state index contributed by atoms with van der Waals surface area (Å²) in [7, 11) is 0. The van der Waals surface area contributed by atoms with Gasteiger partial charge in [-0.15, -0.1) is 0 Å². The van der Waals surface area contributed by atoms with Gasteiger partial charge in [-0.3, -0.25) is 4.79 Å². The number of hydrogen-bond donors (Lipinski definition) is 2. The highest BCUT2D eigenvalue weighted by molar-refractivity contribution is 7.07. The Labute approximate surface area is 176 Å². The molecule has 2 aromatic heterocycles. The van der Waals surface area contributed by atoms with Crippen molar-refractivity contribution in [3.63, 3.8) is 0 Å². The van der Waals surface area contributed by atoms with E-state index in [9.17, 15) is 4.79 Å². The summed E-state index contributed by atoms with van der Waals surface area (Å²) in [5.41, 5.74) is 3.60. The molecule has 0 saturated carbocycles. The minimum absolute atomic E-state index is 0.0132. The number of aromatic nitrogens is 1. The summed E-state index contributed by atoms with van der Waals surface area (Å²) in [6, 6.07) is 15.7. The first-order chi connectivity index (χ1) is 14.2. The van der Waals surface area contributed by atoms with Crippen LogP contribution in [0.15, 0.2) is 75.3 Å². The van der Waals surface area contributed by atoms with Gasteiger partial charge in [0.2, 0.25) is 0 Å². The van der Waals surface area contributed by atoms with Crippen LogP contribution >= 0.6 is 11.3 Å². The summed E-state index contributed by atoms with van der Waals surface area (Å²) in [5.74, 6) is 1.26. The summed E-state index contributed by atoms with van der Waals surface area (Å²) >= 11 is 1.73. The Morgan fingerprint density at radius 3 is 2.59 bits per heavy atom. The number of nitrogens with zero attached hydrogens (tertiary/aromatic N) is 2. The monoisotopic (exact) mass is 408 g/mol. The molecule has 0 radical (unpaired) electrons. The summed E-state index contributed by atoms with van der Waals surface area (Å²) < 4.78 is 1.70. The van der Waals surface area contributed by atoms with E-state index < -0.39 is 0 Å². The van der Waals surface area contributed by atoms with Gasteiger partial charge in [-0.2, -0.15) is 11.3 Å². The van der Waals surface area contributed by atoms with E-state index in [-0.39, 0.29) is 5.56 Å². The number of aliphatic imine (C=N–C) groups is 1. The molecule has 1 unspecified atom stereocenters. The van der Waals surface area contributed by atoms with Gasteiger partial charge in [-0.25, -0.2) is 4.99 Å². The zero-order chi connectivity index (χ0) is 20.5. The average molecular weight is 409 g/mol. The fourth-order valence-electron chi connectivity index (χ4n) is 2.97. The zero-order valence-electron chi connectivity index (χ0n) is 17.0. The molecule has 152 valence electrons. The number of nitrogens with one attached hydrogen (secondary N) is 2. The molecule has 0 amide bonds. The Morgan fingerprint density at radius 1 is 1.10 bits per heavy atom. The molecule has 6 heteroatoms. The van der Waals surface area contributed by atoms with E-state index in [4.69, 9.17) is 4.99 Å². The molecule has 3 rings (SSSR count). The second-order valence-electron chi connectivity index (χ2n) is 7.02. The van der Waals surface area contributed by atoms with Crippen molar-refractivity contribution in [1.82, 2.24) is 15.2 Å². The number of pyridine rings is 1. The number of guanidine groups is 1. The van der Waals surface area contributed by atoms with Gasteiger partial charge in [-0.05, 0) is 52.4 Å². The maximum atomic E-state index is 11.8. The molecule has 0 fully saturated rings. The van der Waals surface area contributed by atoms with Gasteiger partial charge in [0, 0.05) is 25.4 Å². The van der Waals surface area contributed by atoms with Gasteiger partial charge in [-0.1, -0.05) is 37.3 Å². The second kappa shape index (κ2) is 10.6. The van der Waals surface area contributed by atoms with E-state index in [1.807, 2.05) is 12.3 Å². The predicted molar refractivity (Wildman–Crippen MR) is 122 cm³/mol. The van der Waals surface area contributed by atoms with Crippen molar-refractivity contribution in [2.45, 2.75) is 32.9 Å². The third kappa shape index (κ3) is 6.32. The van der Waals surface area contributed by atoms with Crippen molar-refractivity contribution in [2.24, 2.45) is 4.99 Å². The Morgan fingerprint density at radius 2 is 1.90 bits per heavy atom. The van der Waals surface area contributed by atoms with Crippen molar-refractivity contribution in [2.75, 3.05) is 13.1 Å². The number of thiophene rings is 1. The van der Waals surface area contributed by atoms with Crippen LogP contribution in [0.4, 0.5) is 0 Å². The summed E-state index contributed by atoms with van der Waals surface area (Å²) in [6.45, 7) is 7.13. The number of rotatable bonds is 8. The standard InChI is InChI=1S/C23H28N4OS/c1-3-24-23(25-14-18(2)21-11-13-29-17-21)26-15-19-7-9-20(10-8-19)16-27-12-5-4-6-22(27)28/h4-13,17-18H,3,14-16H2,1-2H3,(H2,24,25,26). The van der Waals surface area contributed by atoms with Crippen LogP contribution in [0.3, 0.4) is 0 Å². The fourth-order valence-corrected chi connectivity index (χ4v) is 3.76. The highest BCUT2D eigenvalue weighted by atomic mass is 32.1. The average Bonchev–Trinajstić information content (AvgIpc) is 3.28. The molecule has 0 aliphatic carbocycles. The molecular formula is C23H28N4OS. The first-order valence-corrected chi connectivity index (χ1v) is 10.9. The molecule has 0 spiro atoms. The lowest BCUT2D eigenvalue weighted by molar-refractivity contribution is 0.701. The van der Waals surface area contributed by atoms with E-state index >= 15 is 0 Å². The lowest BCUT2D eigenvalue weighted by Crippen LogP contribution is -2.39. The van der Waals surface area contributed by atoms with Gasteiger partial charge in [0.25, 0.3) is 5.56 Å². The largest absolute Gasteiger partial charge is 0.357 e. The molecule has 29 heavy (non-hydrogen) atoms. The van der Waals surface area contributed by atoms with E-state index in [1.54, 1.807) is 28.0 Å². The minimum atomic E-state index is 0.0132. The summed E-state index contributed by atoms with van der Waals surface area (Å²) in [6.07, 6.45) is 1.81. The number of benzene rings is 1. The Hall–Kier alpha value is -2.86. The van der Waals surface area contributed by atoms with Crippen LogP contribution in [0.25, 0.3) is 0 Å². The van der Waals surface area contributed by atoms with Crippen LogP contribution in [-0.2, 0) is 13.1 Å².